The zero-order chi connectivity index (χ0) is 18.0. The normalized spacial score (nSPS) is 20.4. The Morgan fingerprint density at radius 3 is 2.77 bits per heavy atom. The highest BCUT2D eigenvalue weighted by atomic mass is 16.5. The number of ether oxygens (including phenoxy) is 1. The highest BCUT2D eigenvalue weighted by Gasteiger charge is 2.39. The molecule has 2 aromatic heterocycles. The molecule has 2 aromatic rings. The Morgan fingerprint density at radius 1 is 1.27 bits per heavy atom. The zero-order valence-corrected chi connectivity index (χ0v) is 15.0. The third kappa shape index (κ3) is 3.61. The summed E-state index contributed by atoms with van der Waals surface area (Å²) in [7, 11) is 2.13. The molecule has 4 rings (SSSR count). The summed E-state index contributed by atoms with van der Waals surface area (Å²) in [4.78, 5) is 25.3. The van der Waals surface area contributed by atoms with Gasteiger partial charge < -0.3 is 14.5 Å². The smallest absolute Gasteiger partial charge is 0.230 e. The SMILES string of the molecule is CN1CCOC2(CCN(C(=O)Cc3nc(-c4ccncc4)n[nH]3)CC2)C1. The molecule has 0 aromatic carbocycles. The molecular formula is C18H24N6O2. The van der Waals surface area contributed by atoms with Gasteiger partial charge in [0, 0.05) is 44.1 Å². The Kier molecular flexibility index (Phi) is 4.69. The monoisotopic (exact) mass is 356 g/mol. The van der Waals surface area contributed by atoms with Gasteiger partial charge in [0.1, 0.15) is 5.82 Å². The van der Waals surface area contributed by atoms with Crippen LogP contribution in [0.25, 0.3) is 11.4 Å². The van der Waals surface area contributed by atoms with Crippen molar-refractivity contribution < 1.29 is 9.53 Å². The third-order valence-electron chi connectivity index (χ3n) is 5.26. The molecule has 8 heteroatoms. The lowest BCUT2D eigenvalue weighted by Crippen LogP contribution is -2.56. The first kappa shape index (κ1) is 17.1. The van der Waals surface area contributed by atoms with E-state index in [1.165, 1.54) is 0 Å². The summed E-state index contributed by atoms with van der Waals surface area (Å²) in [5.41, 5.74) is 0.804. The van der Waals surface area contributed by atoms with Gasteiger partial charge in [0.25, 0.3) is 0 Å². The van der Waals surface area contributed by atoms with Gasteiger partial charge in [-0.2, -0.15) is 5.10 Å². The van der Waals surface area contributed by atoms with Crippen molar-refractivity contribution >= 4 is 5.91 Å². The van der Waals surface area contributed by atoms with Crippen molar-refractivity contribution in [3.05, 3.63) is 30.4 Å². The fourth-order valence-corrected chi connectivity index (χ4v) is 3.76. The van der Waals surface area contributed by atoms with Crippen LogP contribution in [-0.2, 0) is 16.0 Å². The molecule has 1 N–H and O–H groups in total. The summed E-state index contributed by atoms with van der Waals surface area (Å²) >= 11 is 0. The molecule has 2 fully saturated rings. The first-order valence-electron chi connectivity index (χ1n) is 9.06. The largest absolute Gasteiger partial charge is 0.372 e. The molecule has 138 valence electrons. The van der Waals surface area contributed by atoms with Crippen LogP contribution in [0.4, 0.5) is 0 Å². The molecular weight excluding hydrogens is 332 g/mol. The van der Waals surface area contributed by atoms with Crippen molar-refractivity contribution in [1.29, 1.82) is 0 Å². The minimum atomic E-state index is -0.0788. The number of hydrogen-bond acceptors (Lipinski definition) is 6. The molecule has 4 heterocycles. The van der Waals surface area contributed by atoms with E-state index < -0.39 is 0 Å². The van der Waals surface area contributed by atoms with Crippen LogP contribution in [0.15, 0.2) is 24.5 Å². The van der Waals surface area contributed by atoms with Crippen molar-refractivity contribution in [3.8, 4) is 11.4 Å². The topological polar surface area (TPSA) is 87.2 Å². The fraction of sp³-hybridized carbons (Fsp3) is 0.556. The standard InChI is InChI=1S/C18H24N6O2/c1-23-10-11-26-18(13-23)4-8-24(9-5-18)16(25)12-15-20-17(22-21-15)14-2-6-19-7-3-14/h2-3,6-7H,4-5,8-13H2,1H3,(H,20,21,22). The molecule has 26 heavy (non-hydrogen) atoms. The molecule has 2 aliphatic heterocycles. The molecule has 1 spiro atoms. The first-order chi connectivity index (χ1) is 12.6. The first-order valence-corrected chi connectivity index (χ1v) is 9.06. The molecule has 8 nitrogen and oxygen atoms in total. The number of hydrogen-bond donors (Lipinski definition) is 1. The quantitative estimate of drug-likeness (QED) is 0.873. The number of piperidine rings is 1. The van der Waals surface area contributed by atoms with Gasteiger partial charge in [0.15, 0.2) is 5.82 Å². The van der Waals surface area contributed by atoms with Gasteiger partial charge in [-0.1, -0.05) is 0 Å². The number of aromatic nitrogens is 4. The van der Waals surface area contributed by atoms with Crippen molar-refractivity contribution in [1.82, 2.24) is 30.0 Å². The van der Waals surface area contributed by atoms with E-state index in [4.69, 9.17) is 4.74 Å². The van der Waals surface area contributed by atoms with E-state index in [0.717, 1.165) is 51.2 Å². The van der Waals surface area contributed by atoms with Gasteiger partial charge in [-0.25, -0.2) is 4.98 Å². The van der Waals surface area contributed by atoms with Crippen LogP contribution in [0.3, 0.4) is 0 Å². The summed E-state index contributed by atoms with van der Waals surface area (Å²) in [5, 5.41) is 7.08. The van der Waals surface area contributed by atoms with Gasteiger partial charge in [-0.3, -0.25) is 14.9 Å². The van der Waals surface area contributed by atoms with Gasteiger partial charge in [0.2, 0.25) is 5.91 Å². The number of rotatable bonds is 3. The van der Waals surface area contributed by atoms with E-state index in [1.807, 2.05) is 17.0 Å². The van der Waals surface area contributed by atoms with Crippen molar-refractivity contribution in [2.45, 2.75) is 24.9 Å². The number of likely N-dealkylation sites (tertiary alicyclic amines) is 1. The molecule has 0 saturated carbocycles. The molecule has 2 aliphatic rings. The number of aromatic amines is 1. The molecule has 0 aliphatic carbocycles. The molecule has 0 unspecified atom stereocenters. The Balaban J connectivity index is 1.34. The van der Waals surface area contributed by atoms with E-state index in [1.54, 1.807) is 12.4 Å². The second kappa shape index (κ2) is 7.13. The predicted octanol–water partition coefficient (Wildman–Crippen LogP) is 0.732. The second-order valence-electron chi connectivity index (χ2n) is 7.17. The fourth-order valence-electron chi connectivity index (χ4n) is 3.76. The summed E-state index contributed by atoms with van der Waals surface area (Å²) in [6, 6.07) is 3.69. The maximum Gasteiger partial charge on any atom is 0.230 e. The van der Waals surface area contributed by atoms with Crippen molar-refractivity contribution in [2.24, 2.45) is 0 Å². The average molecular weight is 356 g/mol. The number of likely N-dealkylation sites (N-methyl/N-ethyl adjacent to an activating group) is 1. The van der Waals surface area contributed by atoms with E-state index in [2.05, 4.69) is 32.1 Å². The number of pyridine rings is 1. The minimum Gasteiger partial charge on any atom is -0.372 e. The maximum absolute atomic E-state index is 12.6. The number of carbonyl (C=O) groups is 1. The lowest BCUT2D eigenvalue weighted by molar-refractivity contribution is -0.147. The second-order valence-corrected chi connectivity index (χ2v) is 7.17. The van der Waals surface area contributed by atoms with Gasteiger partial charge in [-0.05, 0) is 32.0 Å². The number of morpholine rings is 1. The van der Waals surface area contributed by atoms with Crippen LogP contribution >= 0.6 is 0 Å². The van der Waals surface area contributed by atoms with Crippen LogP contribution in [0.1, 0.15) is 18.7 Å². The summed E-state index contributed by atoms with van der Waals surface area (Å²) in [6.07, 6.45) is 5.42. The molecule has 0 atom stereocenters. The Bertz CT molecular complexity index is 754. The Morgan fingerprint density at radius 2 is 2.04 bits per heavy atom. The predicted molar refractivity (Wildman–Crippen MR) is 95.3 cm³/mol. The van der Waals surface area contributed by atoms with Crippen LogP contribution in [0, 0.1) is 0 Å². The van der Waals surface area contributed by atoms with Crippen LogP contribution < -0.4 is 0 Å². The summed E-state index contributed by atoms with van der Waals surface area (Å²) in [5.74, 6) is 1.27. The lowest BCUT2D eigenvalue weighted by atomic mass is 9.89. The van der Waals surface area contributed by atoms with Crippen molar-refractivity contribution in [2.75, 3.05) is 39.8 Å². The molecule has 0 bridgehead atoms. The highest BCUT2D eigenvalue weighted by Crippen LogP contribution is 2.29. The van der Waals surface area contributed by atoms with E-state index in [0.29, 0.717) is 11.6 Å². The van der Waals surface area contributed by atoms with Gasteiger partial charge in [-0.15, -0.1) is 0 Å². The van der Waals surface area contributed by atoms with Gasteiger partial charge in [0.05, 0.1) is 18.6 Å². The number of carbonyl (C=O) groups excluding carboxylic acids is 1. The molecule has 2 saturated heterocycles. The third-order valence-corrected chi connectivity index (χ3v) is 5.26. The molecule has 0 radical (unpaired) electrons. The Labute approximate surface area is 152 Å². The number of H-pyrrole nitrogens is 1. The lowest BCUT2D eigenvalue weighted by Gasteiger charge is -2.46. The van der Waals surface area contributed by atoms with Gasteiger partial charge >= 0.3 is 0 Å². The van der Waals surface area contributed by atoms with E-state index >= 15 is 0 Å². The molecule has 1 amide bonds. The number of nitrogens with one attached hydrogen (secondary N) is 1. The maximum atomic E-state index is 12.6. The zero-order valence-electron chi connectivity index (χ0n) is 15.0. The van der Waals surface area contributed by atoms with Crippen LogP contribution in [0.2, 0.25) is 0 Å². The van der Waals surface area contributed by atoms with E-state index in [-0.39, 0.29) is 17.9 Å². The Hall–Kier alpha value is -2.32. The summed E-state index contributed by atoms with van der Waals surface area (Å²) < 4.78 is 6.06. The van der Waals surface area contributed by atoms with Crippen LogP contribution in [-0.4, -0.2) is 81.3 Å². The minimum absolute atomic E-state index is 0.0788. The number of nitrogens with zero attached hydrogens (tertiary/aromatic N) is 5. The number of amides is 1. The van der Waals surface area contributed by atoms with Crippen molar-refractivity contribution in [3.63, 3.8) is 0 Å². The van der Waals surface area contributed by atoms with Crippen LogP contribution in [0.5, 0.6) is 0 Å². The summed E-state index contributed by atoms with van der Waals surface area (Å²) in [6.45, 7) is 4.18. The van der Waals surface area contributed by atoms with E-state index in [9.17, 15) is 4.79 Å². The average Bonchev–Trinajstić information content (AvgIpc) is 3.11. The highest BCUT2D eigenvalue weighted by molar-refractivity contribution is 5.78.